The van der Waals surface area contributed by atoms with Gasteiger partial charge in [-0.25, -0.2) is 0 Å². The van der Waals surface area contributed by atoms with Crippen LogP contribution in [-0.2, 0) is 9.53 Å². The number of esters is 1. The maximum atomic E-state index is 11.1. The topological polar surface area (TPSA) is 26.3 Å². The lowest BCUT2D eigenvalue weighted by molar-refractivity contribution is -0.146. The Morgan fingerprint density at radius 2 is 2.27 bits per heavy atom. The van der Waals surface area contributed by atoms with E-state index in [1.807, 2.05) is 0 Å². The molecular formula is C9H12O2. The van der Waals surface area contributed by atoms with Crippen LogP contribution in [0.1, 0.15) is 12.8 Å². The van der Waals surface area contributed by atoms with Crippen LogP contribution in [0.5, 0.6) is 0 Å². The minimum absolute atomic E-state index is 0.0261. The van der Waals surface area contributed by atoms with Gasteiger partial charge in [0.15, 0.2) is 0 Å². The van der Waals surface area contributed by atoms with Crippen LogP contribution in [0.25, 0.3) is 0 Å². The van der Waals surface area contributed by atoms with E-state index in [0.717, 1.165) is 6.42 Å². The van der Waals surface area contributed by atoms with Crippen molar-refractivity contribution in [2.45, 2.75) is 12.8 Å². The fourth-order valence-corrected chi connectivity index (χ4v) is 2.20. The first-order chi connectivity index (χ1) is 5.31. The second-order valence-corrected chi connectivity index (χ2v) is 3.41. The molecule has 0 spiro atoms. The van der Waals surface area contributed by atoms with Crippen LogP contribution in [0.2, 0.25) is 0 Å². The van der Waals surface area contributed by atoms with E-state index < -0.39 is 0 Å². The molecule has 3 atom stereocenters. The molecule has 1 saturated carbocycles. The van der Waals surface area contributed by atoms with Crippen LogP contribution >= 0.6 is 0 Å². The van der Waals surface area contributed by atoms with Crippen molar-refractivity contribution >= 4 is 5.97 Å². The normalized spacial score (nSPS) is 39.5. The van der Waals surface area contributed by atoms with Crippen molar-refractivity contribution in [2.24, 2.45) is 17.8 Å². The Balaban J connectivity index is 2.08. The van der Waals surface area contributed by atoms with Gasteiger partial charge in [-0.2, -0.15) is 0 Å². The molecule has 0 aromatic heterocycles. The average Bonchev–Trinajstić information content (AvgIpc) is 2.62. The van der Waals surface area contributed by atoms with E-state index in [2.05, 4.69) is 12.2 Å². The molecule has 2 heteroatoms. The molecule has 0 saturated heterocycles. The van der Waals surface area contributed by atoms with Gasteiger partial charge in [0, 0.05) is 0 Å². The zero-order valence-electron chi connectivity index (χ0n) is 6.62. The second kappa shape index (κ2) is 2.36. The summed E-state index contributed by atoms with van der Waals surface area (Å²) in [6, 6.07) is 0. The van der Waals surface area contributed by atoms with Gasteiger partial charge in [-0.05, 0) is 24.7 Å². The van der Waals surface area contributed by atoms with Crippen LogP contribution in [0.4, 0.5) is 0 Å². The van der Waals surface area contributed by atoms with Crippen molar-refractivity contribution in [1.82, 2.24) is 0 Å². The molecule has 0 unspecified atom stereocenters. The Kier molecular flexibility index (Phi) is 1.48. The first-order valence-electron chi connectivity index (χ1n) is 4.07. The van der Waals surface area contributed by atoms with Crippen molar-refractivity contribution in [2.75, 3.05) is 7.11 Å². The van der Waals surface area contributed by atoms with E-state index in [9.17, 15) is 4.79 Å². The molecule has 0 radical (unpaired) electrons. The molecule has 2 bridgehead atoms. The molecule has 2 nitrogen and oxygen atoms in total. The summed E-state index contributed by atoms with van der Waals surface area (Å²) in [7, 11) is 1.47. The largest absolute Gasteiger partial charge is 0.469 e. The third-order valence-electron chi connectivity index (χ3n) is 2.78. The minimum atomic E-state index is -0.0261. The van der Waals surface area contributed by atoms with Crippen LogP contribution in [0.15, 0.2) is 12.2 Å². The highest BCUT2D eigenvalue weighted by Crippen LogP contribution is 2.43. The lowest BCUT2D eigenvalue weighted by Crippen LogP contribution is -2.19. The fraction of sp³-hybridized carbons (Fsp3) is 0.667. The second-order valence-electron chi connectivity index (χ2n) is 3.41. The van der Waals surface area contributed by atoms with Crippen LogP contribution in [0, 0.1) is 17.8 Å². The molecule has 0 aromatic carbocycles. The summed E-state index contributed by atoms with van der Waals surface area (Å²) in [6.07, 6.45) is 6.56. The Bertz CT molecular complexity index is 208. The summed E-state index contributed by atoms with van der Waals surface area (Å²) in [6.45, 7) is 0. The van der Waals surface area contributed by atoms with Gasteiger partial charge < -0.3 is 4.74 Å². The lowest BCUT2D eigenvalue weighted by atomic mass is 9.94. The number of allylic oxidation sites excluding steroid dienone is 2. The van der Waals surface area contributed by atoms with Gasteiger partial charge in [0.25, 0.3) is 0 Å². The number of hydrogen-bond donors (Lipinski definition) is 0. The lowest BCUT2D eigenvalue weighted by Gasteiger charge is -2.14. The number of hydrogen-bond acceptors (Lipinski definition) is 2. The number of methoxy groups -OCH3 is 1. The molecule has 2 aliphatic carbocycles. The predicted octanol–water partition coefficient (Wildman–Crippen LogP) is 1.37. The standard InChI is InChI=1S/C9H12O2/c1-11-9(10)8-5-6-2-3-7(8)4-6/h2-3,6-8H,4-5H2,1H3/t6-,7-,8+/m0/s1. The summed E-state index contributed by atoms with van der Waals surface area (Å²) < 4.78 is 4.71. The molecule has 0 heterocycles. The van der Waals surface area contributed by atoms with Gasteiger partial charge in [-0.1, -0.05) is 12.2 Å². The van der Waals surface area contributed by atoms with Crippen molar-refractivity contribution in [3.05, 3.63) is 12.2 Å². The molecule has 11 heavy (non-hydrogen) atoms. The first kappa shape index (κ1) is 6.89. The monoisotopic (exact) mass is 152 g/mol. The molecule has 60 valence electrons. The maximum absolute atomic E-state index is 11.1. The zero-order chi connectivity index (χ0) is 7.84. The number of carbonyl (C=O) groups is 1. The van der Waals surface area contributed by atoms with E-state index in [4.69, 9.17) is 4.74 Å². The first-order valence-corrected chi connectivity index (χ1v) is 4.07. The van der Waals surface area contributed by atoms with Gasteiger partial charge in [0.05, 0.1) is 13.0 Å². The summed E-state index contributed by atoms with van der Waals surface area (Å²) in [5, 5.41) is 0. The van der Waals surface area contributed by atoms with Crippen LogP contribution in [-0.4, -0.2) is 13.1 Å². The van der Waals surface area contributed by atoms with Gasteiger partial charge in [-0.15, -0.1) is 0 Å². The molecule has 2 aliphatic rings. The molecule has 0 N–H and O–H groups in total. The highest BCUT2D eigenvalue weighted by atomic mass is 16.5. The van der Waals surface area contributed by atoms with E-state index >= 15 is 0 Å². The molecular weight excluding hydrogens is 140 g/mol. The Morgan fingerprint density at radius 3 is 2.73 bits per heavy atom. The van der Waals surface area contributed by atoms with E-state index in [1.54, 1.807) is 0 Å². The van der Waals surface area contributed by atoms with Crippen molar-refractivity contribution in [3.8, 4) is 0 Å². The quantitative estimate of drug-likeness (QED) is 0.419. The third kappa shape index (κ3) is 0.971. The molecule has 0 amide bonds. The Labute approximate surface area is 66.2 Å². The summed E-state index contributed by atoms with van der Waals surface area (Å²) in [5.41, 5.74) is 0. The number of ether oxygens (including phenoxy) is 1. The average molecular weight is 152 g/mol. The number of carbonyl (C=O) groups excluding carboxylic acids is 1. The van der Waals surface area contributed by atoms with Crippen LogP contribution < -0.4 is 0 Å². The van der Waals surface area contributed by atoms with Gasteiger partial charge >= 0.3 is 5.97 Å². The van der Waals surface area contributed by atoms with Crippen LogP contribution in [0.3, 0.4) is 0 Å². The molecule has 2 rings (SSSR count). The van der Waals surface area contributed by atoms with Crippen molar-refractivity contribution < 1.29 is 9.53 Å². The smallest absolute Gasteiger partial charge is 0.309 e. The maximum Gasteiger partial charge on any atom is 0.309 e. The van der Waals surface area contributed by atoms with Crippen molar-refractivity contribution in [1.29, 1.82) is 0 Å². The number of fused-ring (bicyclic) bond motifs is 2. The summed E-state index contributed by atoms with van der Waals surface area (Å²) in [5.74, 6) is 1.27. The predicted molar refractivity (Wildman–Crippen MR) is 40.9 cm³/mol. The molecule has 0 aromatic rings. The van der Waals surface area contributed by atoms with Crippen molar-refractivity contribution in [3.63, 3.8) is 0 Å². The highest BCUT2D eigenvalue weighted by molar-refractivity contribution is 5.73. The fourth-order valence-electron chi connectivity index (χ4n) is 2.20. The third-order valence-corrected chi connectivity index (χ3v) is 2.78. The molecule has 0 aliphatic heterocycles. The Hall–Kier alpha value is -0.790. The highest BCUT2D eigenvalue weighted by Gasteiger charge is 2.40. The minimum Gasteiger partial charge on any atom is -0.469 e. The van der Waals surface area contributed by atoms with Gasteiger partial charge in [0.2, 0.25) is 0 Å². The SMILES string of the molecule is COC(=O)[C@@H]1C[C@H]2C=C[C@H]1C2. The Morgan fingerprint density at radius 1 is 1.45 bits per heavy atom. The van der Waals surface area contributed by atoms with E-state index in [0.29, 0.717) is 11.8 Å². The molecule has 1 fully saturated rings. The van der Waals surface area contributed by atoms with Gasteiger partial charge in [0.1, 0.15) is 0 Å². The summed E-state index contributed by atoms with van der Waals surface area (Å²) in [4.78, 5) is 11.1. The van der Waals surface area contributed by atoms with E-state index in [1.165, 1.54) is 13.5 Å². The summed E-state index contributed by atoms with van der Waals surface area (Å²) >= 11 is 0. The zero-order valence-corrected chi connectivity index (χ0v) is 6.62. The number of rotatable bonds is 1. The van der Waals surface area contributed by atoms with E-state index in [-0.39, 0.29) is 11.9 Å². The van der Waals surface area contributed by atoms with Gasteiger partial charge in [-0.3, -0.25) is 4.79 Å².